The van der Waals surface area contributed by atoms with Crippen LogP contribution in [0.5, 0.6) is 5.75 Å². The molecule has 3 nitrogen and oxygen atoms in total. The van der Waals surface area contributed by atoms with Crippen LogP contribution in [0, 0.1) is 6.92 Å². The van der Waals surface area contributed by atoms with Crippen LogP contribution < -0.4 is 4.74 Å². The van der Waals surface area contributed by atoms with Crippen LogP contribution in [0.2, 0.25) is 0 Å². The first-order valence-corrected chi connectivity index (χ1v) is 4.93. The molecule has 0 atom stereocenters. The van der Waals surface area contributed by atoms with E-state index in [1.807, 2.05) is 55.1 Å². The predicted molar refractivity (Wildman–Crippen MR) is 58.7 cm³/mol. The van der Waals surface area contributed by atoms with Crippen molar-refractivity contribution in [2.45, 2.75) is 13.5 Å². The first kappa shape index (κ1) is 9.77. The van der Waals surface area contributed by atoms with Gasteiger partial charge in [0.25, 0.3) is 0 Å². The molecule has 0 aliphatic heterocycles. The summed E-state index contributed by atoms with van der Waals surface area (Å²) in [4.78, 5) is 0. The molecule has 78 valence electrons. The van der Waals surface area contributed by atoms with E-state index < -0.39 is 0 Å². The van der Waals surface area contributed by atoms with Crippen LogP contribution in [0.25, 0.3) is 0 Å². The van der Waals surface area contributed by atoms with Gasteiger partial charge in [-0.2, -0.15) is 5.10 Å². The fourth-order valence-electron chi connectivity index (χ4n) is 1.38. The zero-order valence-electron chi connectivity index (χ0n) is 8.97. The smallest absolute Gasteiger partial charge is 0.132 e. The second kappa shape index (κ2) is 4.17. The lowest BCUT2D eigenvalue weighted by molar-refractivity contribution is 0.300. The molecule has 1 aromatic carbocycles. The van der Waals surface area contributed by atoms with Gasteiger partial charge in [0.05, 0.1) is 0 Å². The summed E-state index contributed by atoms with van der Waals surface area (Å²) in [5, 5.41) is 4.32. The fraction of sp³-hybridized carbons (Fsp3) is 0.250. The molecule has 0 saturated carbocycles. The lowest BCUT2D eigenvalue weighted by atomic mass is 10.3. The third kappa shape index (κ3) is 2.37. The molecular formula is C12H14N2O. The van der Waals surface area contributed by atoms with E-state index in [0.717, 1.165) is 17.1 Å². The van der Waals surface area contributed by atoms with E-state index in [1.165, 1.54) is 0 Å². The Labute approximate surface area is 89.3 Å². The Kier molecular flexibility index (Phi) is 2.72. The van der Waals surface area contributed by atoms with Gasteiger partial charge in [-0.1, -0.05) is 18.2 Å². The first-order valence-electron chi connectivity index (χ1n) is 4.93. The predicted octanol–water partition coefficient (Wildman–Crippen LogP) is 2.31. The number of para-hydroxylation sites is 1. The van der Waals surface area contributed by atoms with Crippen molar-refractivity contribution in [3.63, 3.8) is 0 Å². The van der Waals surface area contributed by atoms with Crippen molar-refractivity contribution in [1.29, 1.82) is 0 Å². The van der Waals surface area contributed by atoms with Crippen LogP contribution in [0.3, 0.4) is 0 Å². The average Bonchev–Trinajstić information content (AvgIpc) is 2.57. The Morgan fingerprint density at radius 1 is 1.27 bits per heavy atom. The third-order valence-electron chi connectivity index (χ3n) is 2.29. The highest BCUT2D eigenvalue weighted by Crippen LogP contribution is 2.11. The first-order chi connectivity index (χ1) is 7.25. The maximum absolute atomic E-state index is 5.58. The van der Waals surface area contributed by atoms with E-state index in [1.54, 1.807) is 0 Å². The Balaban J connectivity index is 1.99. The molecular weight excluding hydrogens is 188 g/mol. The van der Waals surface area contributed by atoms with Gasteiger partial charge in [-0.15, -0.1) is 0 Å². The number of rotatable bonds is 3. The van der Waals surface area contributed by atoms with Gasteiger partial charge in [-0.05, 0) is 25.1 Å². The van der Waals surface area contributed by atoms with Crippen LogP contribution in [0.15, 0.2) is 36.4 Å². The van der Waals surface area contributed by atoms with Crippen molar-refractivity contribution in [2.75, 3.05) is 0 Å². The van der Waals surface area contributed by atoms with Crippen LogP contribution in [0.1, 0.15) is 11.4 Å². The molecule has 0 saturated heterocycles. The molecule has 0 bridgehead atoms. The molecule has 0 aliphatic rings. The quantitative estimate of drug-likeness (QED) is 0.763. The molecule has 0 aliphatic carbocycles. The maximum atomic E-state index is 5.58. The fourth-order valence-corrected chi connectivity index (χ4v) is 1.38. The number of aryl methyl sites for hydroxylation is 2. The summed E-state index contributed by atoms with van der Waals surface area (Å²) in [5.41, 5.74) is 2.10. The van der Waals surface area contributed by atoms with Crippen molar-refractivity contribution in [3.8, 4) is 5.75 Å². The highest BCUT2D eigenvalue weighted by molar-refractivity contribution is 5.21. The molecule has 2 rings (SSSR count). The summed E-state index contributed by atoms with van der Waals surface area (Å²) in [6.45, 7) is 2.55. The average molecular weight is 202 g/mol. The highest BCUT2D eigenvalue weighted by atomic mass is 16.5. The monoisotopic (exact) mass is 202 g/mol. The number of ether oxygens (including phenoxy) is 1. The van der Waals surface area contributed by atoms with Gasteiger partial charge in [-0.3, -0.25) is 4.68 Å². The zero-order chi connectivity index (χ0) is 10.7. The van der Waals surface area contributed by atoms with Crippen molar-refractivity contribution in [1.82, 2.24) is 9.78 Å². The normalized spacial score (nSPS) is 10.3. The van der Waals surface area contributed by atoms with Crippen LogP contribution in [0.4, 0.5) is 0 Å². The summed E-state index contributed by atoms with van der Waals surface area (Å²) >= 11 is 0. The Morgan fingerprint density at radius 3 is 2.60 bits per heavy atom. The molecule has 0 fully saturated rings. The minimum atomic E-state index is 0.520. The molecule has 0 amide bonds. The lowest BCUT2D eigenvalue weighted by Gasteiger charge is -2.02. The molecule has 2 aromatic rings. The highest BCUT2D eigenvalue weighted by Gasteiger charge is 2.01. The van der Waals surface area contributed by atoms with E-state index >= 15 is 0 Å². The second-order valence-electron chi connectivity index (χ2n) is 3.50. The molecule has 0 N–H and O–H groups in total. The van der Waals surface area contributed by atoms with Crippen molar-refractivity contribution >= 4 is 0 Å². The molecule has 1 heterocycles. The van der Waals surface area contributed by atoms with Crippen LogP contribution in [-0.4, -0.2) is 9.78 Å². The van der Waals surface area contributed by atoms with Gasteiger partial charge in [0.15, 0.2) is 0 Å². The second-order valence-corrected chi connectivity index (χ2v) is 3.50. The van der Waals surface area contributed by atoms with E-state index in [4.69, 9.17) is 4.74 Å². The van der Waals surface area contributed by atoms with Gasteiger partial charge in [0.1, 0.15) is 18.1 Å². The van der Waals surface area contributed by atoms with Crippen molar-refractivity contribution < 1.29 is 4.74 Å². The summed E-state index contributed by atoms with van der Waals surface area (Å²) < 4.78 is 7.44. The number of nitrogens with zero attached hydrogens (tertiary/aromatic N) is 2. The Hall–Kier alpha value is -1.77. The number of benzene rings is 1. The molecule has 0 radical (unpaired) electrons. The van der Waals surface area contributed by atoms with Gasteiger partial charge in [0.2, 0.25) is 0 Å². The lowest BCUT2D eigenvalue weighted by Crippen LogP contribution is -1.98. The summed E-state index contributed by atoms with van der Waals surface area (Å²) in [6, 6.07) is 11.8. The SMILES string of the molecule is Cc1cc(COc2ccccc2)nn1C. The van der Waals surface area contributed by atoms with E-state index in [9.17, 15) is 0 Å². The van der Waals surface area contributed by atoms with Crippen molar-refractivity contribution in [3.05, 3.63) is 47.8 Å². The van der Waals surface area contributed by atoms with Gasteiger partial charge in [-0.25, -0.2) is 0 Å². The third-order valence-corrected chi connectivity index (χ3v) is 2.29. The Morgan fingerprint density at radius 2 is 2.00 bits per heavy atom. The van der Waals surface area contributed by atoms with Crippen molar-refractivity contribution in [2.24, 2.45) is 7.05 Å². The zero-order valence-corrected chi connectivity index (χ0v) is 8.97. The standard InChI is InChI=1S/C12H14N2O/c1-10-8-11(13-14(10)2)9-15-12-6-4-3-5-7-12/h3-8H,9H2,1-2H3. The minimum Gasteiger partial charge on any atom is -0.487 e. The summed E-state index contributed by atoms with van der Waals surface area (Å²) in [6.07, 6.45) is 0. The molecule has 0 unspecified atom stereocenters. The maximum Gasteiger partial charge on any atom is 0.132 e. The number of hydrogen-bond donors (Lipinski definition) is 0. The number of hydrogen-bond acceptors (Lipinski definition) is 2. The molecule has 1 aromatic heterocycles. The molecule has 0 spiro atoms. The minimum absolute atomic E-state index is 0.520. The van der Waals surface area contributed by atoms with E-state index in [2.05, 4.69) is 5.10 Å². The van der Waals surface area contributed by atoms with E-state index in [-0.39, 0.29) is 0 Å². The molecule has 3 heteroatoms. The topological polar surface area (TPSA) is 27.1 Å². The van der Waals surface area contributed by atoms with Gasteiger partial charge in [0, 0.05) is 12.7 Å². The largest absolute Gasteiger partial charge is 0.487 e. The van der Waals surface area contributed by atoms with Gasteiger partial charge >= 0.3 is 0 Å². The molecule has 15 heavy (non-hydrogen) atoms. The summed E-state index contributed by atoms with van der Waals surface area (Å²) in [7, 11) is 1.93. The van der Waals surface area contributed by atoms with Gasteiger partial charge < -0.3 is 4.74 Å². The Bertz CT molecular complexity index is 415. The van der Waals surface area contributed by atoms with Crippen LogP contribution in [-0.2, 0) is 13.7 Å². The summed E-state index contributed by atoms with van der Waals surface area (Å²) in [5.74, 6) is 0.876. The van der Waals surface area contributed by atoms with E-state index in [0.29, 0.717) is 6.61 Å². The van der Waals surface area contributed by atoms with Crippen LogP contribution >= 0.6 is 0 Å². The number of aromatic nitrogens is 2.